The van der Waals surface area contributed by atoms with Crippen LogP contribution in [-0.2, 0) is 25.6 Å². The van der Waals surface area contributed by atoms with Crippen molar-refractivity contribution >= 4 is 11.9 Å². The number of tetrazole rings is 1. The maximum Gasteiger partial charge on any atom is 0.330 e. The normalized spacial score (nSPS) is 20.6. The molecule has 1 aliphatic heterocycles. The monoisotopic (exact) mass is 387 g/mol. The van der Waals surface area contributed by atoms with Crippen molar-refractivity contribution in [3.63, 3.8) is 0 Å². The van der Waals surface area contributed by atoms with E-state index in [2.05, 4.69) is 15.4 Å². The zero-order valence-corrected chi connectivity index (χ0v) is 16.5. The molecule has 1 saturated heterocycles. The lowest BCUT2D eigenvalue weighted by molar-refractivity contribution is -0.165. The fourth-order valence-corrected chi connectivity index (χ4v) is 3.14. The molecule has 0 aliphatic carbocycles. The van der Waals surface area contributed by atoms with Gasteiger partial charge in [0.15, 0.2) is 12.6 Å². The molecule has 3 unspecified atom stereocenters. The lowest BCUT2D eigenvalue weighted by Crippen LogP contribution is -2.51. The van der Waals surface area contributed by atoms with Gasteiger partial charge in [0, 0.05) is 18.7 Å². The van der Waals surface area contributed by atoms with Crippen molar-refractivity contribution < 1.29 is 19.1 Å². The molecule has 9 nitrogen and oxygen atoms in total. The predicted octanol–water partition coefficient (Wildman–Crippen LogP) is 1.22. The second-order valence-electron chi connectivity index (χ2n) is 7.14. The molecule has 1 aliphatic rings. The third-order valence-corrected chi connectivity index (χ3v) is 4.42. The lowest BCUT2D eigenvalue weighted by Gasteiger charge is -2.36. The van der Waals surface area contributed by atoms with Gasteiger partial charge in [0.05, 0.1) is 12.2 Å². The van der Waals surface area contributed by atoms with Crippen molar-refractivity contribution in [2.45, 2.75) is 52.6 Å². The molecule has 0 bridgehead atoms. The first-order chi connectivity index (χ1) is 13.3. The van der Waals surface area contributed by atoms with Crippen LogP contribution in [0, 0.1) is 6.92 Å². The minimum atomic E-state index is -0.884. The molecule has 0 saturated carbocycles. The first-order valence-electron chi connectivity index (χ1n) is 9.30. The van der Waals surface area contributed by atoms with Crippen LogP contribution < -0.4 is 0 Å². The summed E-state index contributed by atoms with van der Waals surface area (Å²) in [7, 11) is 0. The average molecular weight is 387 g/mol. The number of amides is 1. The van der Waals surface area contributed by atoms with E-state index in [-0.39, 0.29) is 24.7 Å². The summed E-state index contributed by atoms with van der Waals surface area (Å²) in [6, 6.07) is 7.68. The quantitative estimate of drug-likeness (QED) is 0.711. The van der Waals surface area contributed by atoms with Crippen LogP contribution in [0.3, 0.4) is 0 Å². The summed E-state index contributed by atoms with van der Waals surface area (Å²) in [6.07, 6.45) is -0.976. The van der Waals surface area contributed by atoms with Crippen LogP contribution in [0.2, 0.25) is 0 Å². The largest absolute Gasteiger partial charge is 0.451 e. The number of aryl methyl sites for hydroxylation is 1. The molecule has 28 heavy (non-hydrogen) atoms. The Morgan fingerprint density at radius 1 is 1.21 bits per heavy atom. The minimum Gasteiger partial charge on any atom is -0.451 e. The Balaban J connectivity index is 1.55. The van der Waals surface area contributed by atoms with Crippen molar-refractivity contribution in [1.29, 1.82) is 0 Å². The lowest BCUT2D eigenvalue weighted by atomic mass is 10.1. The fraction of sp³-hybridized carbons (Fsp3) is 0.526. The number of rotatable bonds is 5. The number of hydrogen-bond acceptors (Lipinski definition) is 7. The maximum absolute atomic E-state index is 12.5. The van der Waals surface area contributed by atoms with Gasteiger partial charge in [-0.25, -0.2) is 4.79 Å². The van der Waals surface area contributed by atoms with Gasteiger partial charge in [-0.3, -0.25) is 4.79 Å². The summed E-state index contributed by atoms with van der Waals surface area (Å²) in [5.41, 5.74) is 1.94. The number of aromatic nitrogens is 4. The molecule has 0 N–H and O–H groups in total. The number of esters is 1. The summed E-state index contributed by atoms with van der Waals surface area (Å²) in [5.74, 6) is -0.404. The van der Waals surface area contributed by atoms with Crippen molar-refractivity contribution in [3.8, 4) is 11.4 Å². The molecule has 0 spiro atoms. The number of morpholine rings is 1. The average Bonchev–Trinajstić information content (AvgIpc) is 3.09. The van der Waals surface area contributed by atoms with E-state index in [0.717, 1.165) is 15.9 Å². The third-order valence-electron chi connectivity index (χ3n) is 4.42. The summed E-state index contributed by atoms with van der Waals surface area (Å²) in [4.78, 5) is 27.5. The molecule has 3 rings (SSSR count). The first-order valence-corrected chi connectivity index (χ1v) is 9.30. The second-order valence-corrected chi connectivity index (χ2v) is 7.14. The fourth-order valence-electron chi connectivity index (χ4n) is 3.14. The Morgan fingerprint density at radius 3 is 2.50 bits per heavy atom. The van der Waals surface area contributed by atoms with Gasteiger partial charge in [-0.15, -0.1) is 10.2 Å². The standard InChI is InChI=1S/C19H25N5O4/c1-12-5-7-16(8-6-12)18-20-22-24(21-18)11-17(25)28-15(4)19(26)23-9-13(2)27-14(3)10-23/h5-8,13-15H,9-11H2,1-4H3. The van der Waals surface area contributed by atoms with Crippen molar-refractivity contribution in [2.75, 3.05) is 13.1 Å². The van der Waals surface area contributed by atoms with E-state index in [4.69, 9.17) is 9.47 Å². The Morgan fingerprint density at radius 2 is 1.86 bits per heavy atom. The summed E-state index contributed by atoms with van der Waals surface area (Å²) < 4.78 is 10.9. The van der Waals surface area contributed by atoms with Crippen molar-refractivity contribution in [1.82, 2.24) is 25.1 Å². The summed E-state index contributed by atoms with van der Waals surface area (Å²) >= 11 is 0. The number of carbonyl (C=O) groups excluding carboxylic acids is 2. The highest BCUT2D eigenvalue weighted by Crippen LogP contribution is 2.15. The molecule has 1 amide bonds. The molecule has 2 heterocycles. The van der Waals surface area contributed by atoms with Gasteiger partial charge in [-0.2, -0.15) is 4.80 Å². The predicted molar refractivity (Wildman–Crippen MR) is 100 cm³/mol. The molecular formula is C19H25N5O4. The van der Waals surface area contributed by atoms with E-state index in [9.17, 15) is 9.59 Å². The van der Waals surface area contributed by atoms with Crippen LogP contribution in [0.1, 0.15) is 26.3 Å². The van der Waals surface area contributed by atoms with Gasteiger partial charge >= 0.3 is 5.97 Å². The highest BCUT2D eigenvalue weighted by atomic mass is 16.5. The Labute approximate surface area is 163 Å². The Hall–Kier alpha value is -2.81. The first kappa shape index (κ1) is 19.9. The van der Waals surface area contributed by atoms with E-state index in [1.165, 1.54) is 0 Å². The molecule has 0 radical (unpaired) electrons. The van der Waals surface area contributed by atoms with Crippen LogP contribution in [0.5, 0.6) is 0 Å². The van der Waals surface area contributed by atoms with E-state index in [1.54, 1.807) is 11.8 Å². The topological polar surface area (TPSA) is 99.4 Å². The van der Waals surface area contributed by atoms with Crippen LogP contribution >= 0.6 is 0 Å². The van der Waals surface area contributed by atoms with Gasteiger partial charge in [0.25, 0.3) is 5.91 Å². The second kappa shape index (κ2) is 8.47. The van der Waals surface area contributed by atoms with E-state index >= 15 is 0 Å². The number of benzene rings is 1. The van der Waals surface area contributed by atoms with Crippen molar-refractivity contribution in [2.24, 2.45) is 0 Å². The number of hydrogen-bond donors (Lipinski definition) is 0. The van der Waals surface area contributed by atoms with Crippen LogP contribution in [-0.4, -0.2) is 68.4 Å². The molecular weight excluding hydrogens is 362 g/mol. The zero-order chi connectivity index (χ0) is 20.3. The van der Waals surface area contributed by atoms with E-state index in [0.29, 0.717) is 18.9 Å². The van der Waals surface area contributed by atoms with Gasteiger partial charge in [0.2, 0.25) is 5.82 Å². The van der Waals surface area contributed by atoms with Crippen LogP contribution in [0.4, 0.5) is 0 Å². The highest BCUT2D eigenvalue weighted by molar-refractivity contribution is 5.83. The molecule has 1 aromatic carbocycles. The molecule has 150 valence electrons. The Bertz CT molecular complexity index is 825. The van der Waals surface area contributed by atoms with Crippen LogP contribution in [0.25, 0.3) is 11.4 Å². The van der Waals surface area contributed by atoms with Gasteiger partial charge in [-0.1, -0.05) is 29.8 Å². The number of nitrogens with zero attached hydrogens (tertiary/aromatic N) is 5. The summed E-state index contributed by atoms with van der Waals surface area (Å²) in [6.45, 7) is 8.13. The van der Waals surface area contributed by atoms with Gasteiger partial charge in [0.1, 0.15) is 0 Å². The molecule has 1 aromatic heterocycles. The molecule has 9 heteroatoms. The van der Waals surface area contributed by atoms with Gasteiger partial charge in [-0.05, 0) is 32.9 Å². The zero-order valence-electron chi connectivity index (χ0n) is 16.5. The van der Waals surface area contributed by atoms with E-state index < -0.39 is 12.1 Å². The number of ether oxygens (including phenoxy) is 2. The molecule has 2 aromatic rings. The maximum atomic E-state index is 12.5. The van der Waals surface area contributed by atoms with Crippen LogP contribution in [0.15, 0.2) is 24.3 Å². The highest BCUT2D eigenvalue weighted by Gasteiger charge is 2.30. The SMILES string of the molecule is Cc1ccc(-c2nnn(CC(=O)OC(C)C(=O)N3CC(C)OC(C)C3)n2)cc1. The van der Waals surface area contributed by atoms with E-state index in [1.807, 2.05) is 45.0 Å². The third kappa shape index (κ3) is 4.92. The molecule has 1 fully saturated rings. The smallest absolute Gasteiger partial charge is 0.330 e. The van der Waals surface area contributed by atoms with Gasteiger partial charge < -0.3 is 14.4 Å². The number of carbonyl (C=O) groups is 2. The van der Waals surface area contributed by atoms with Crippen molar-refractivity contribution in [3.05, 3.63) is 29.8 Å². The molecule has 3 atom stereocenters. The Kier molecular flexibility index (Phi) is 6.03. The minimum absolute atomic E-state index is 0.0462. The summed E-state index contributed by atoms with van der Waals surface area (Å²) in [5, 5.41) is 12.0.